The van der Waals surface area contributed by atoms with Crippen molar-refractivity contribution in [3.8, 4) is 17.1 Å². The first kappa shape index (κ1) is 10.4. The van der Waals surface area contributed by atoms with Crippen molar-refractivity contribution in [3.05, 3.63) is 49.3 Å². The maximum absolute atomic E-state index is 5.73. The van der Waals surface area contributed by atoms with Gasteiger partial charge in [-0.3, -0.25) is 0 Å². The van der Waals surface area contributed by atoms with Gasteiger partial charge in [0.05, 0.1) is 12.4 Å². The van der Waals surface area contributed by atoms with Crippen LogP contribution < -0.4 is 5.73 Å². The molecule has 0 fully saturated rings. The zero-order valence-electron chi connectivity index (χ0n) is 9.43. The number of rotatable bonds is 2. The molecular formula is C12H10N6. The van der Waals surface area contributed by atoms with Crippen molar-refractivity contribution in [2.45, 2.75) is 0 Å². The van der Waals surface area contributed by atoms with Gasteiger partial charge in [0.25, 0.3) is 0 Å². The molecule has 0 spiro atoms. The highest BCUT2D eigenvalue weighted by atomic mass is 15.3. The van der Waals surface area contributed by atoms with E-state index in [2.05, 4.69) is 20.1 Å². The molecule has 2 aromatic heterocycles. The van der Waals surface area contributed by atoms with E-state index < -0.39 is 0 Å². The molecule has 0 radical (unpaired) electrons. The van der Waals surface area contributed by atoms with E-state index in [9.17, 15) is 0 Å². The molecule has 0 aliphatic rings. The lowest BCUT2D eigenvalue weighted by atomic mass is 10.2. The highest BCUT2D eigenvalue weighted by molar-refractivity contribution is 5.60. The van der Waals surface area contributed by atoms with Gasteiger partial charge >= 0.3 is 0 Å². The summed E-state index contributed by atoms with van der Waals surface area (Å²) in [5, 5.41) is 4.36. The van der Waals surface area contributed by atoms with Crippen LogP contribution in [-0.2, 0) is 0 Å². The first-order valence-corrected chi connectivity index (χ1v) is 5.36. The Bertz CT molecular complexity index is 661. The fourth-order valence-electron chi connectivity index (χ4n) is 1.61. The van der Waals surface area contributed by atoms with Crippen LogP contribution >= 0.6 is 0 Å². The summed E-state index contributed by atoms with van der Waals surface area (Å²) >= 11 is 0. The summed E-state index contributed by atoms with van der Waals surface area (Å²) < 4.78 is 1.62. The molecule has 18 heavy (non-hydrogen) atoms. The molecule has 3 rings (SSSR count). The molecule has 0 aliphatic carbocycles. The van der Waals surface area contributed by atoms with Crippen LogP contribution in [0.15, 0.2) is 49.3 Å². The normalized spacial score (nSPS) is 10.4. The number of aromatic nitrogens is 5. The molecule has 0 aliphatic heterocycles. The van der Waals surface area contributed by atoms with Crippen LogP contribution in [0.1, 0.15) is 0 Å². The molecule has 0 saturated heterocycles. The van der Waals surface area contributed by atoms with E-state index in [0.717, 1.165) is 11.3 Å². The van der Waals surface area contributed by atoms with Crippen LogP contribution in [-0.4, -0.2) is 24.7 Å². The summed E-state index contributed by atoms with van der Waals surface area (Å²) in [7, 11) is 0. The lowest BCUT2D eigenvalue weighted by Crippen LogP contribution is -1.96. The Labute approximate surface area is 103 Å². The van der Waals surface area contributed by atoms with Crippen LogP contribution in [0.5, 0.6) is 0 Å². The van der Waals surface area contributed by atoms with Gasteiger partial charge in [-0.1, -0.05) is 12.1 Å². The fraction of sp³-hybridized carbons (Fsp3) is 0. The van der Waals surface area contributed by atoms with E-state index in [0.29, 0.717) is 11.5 Å². The molecule has 0 atom stereocenters. The first-order valence-electron chi connectivity index (χ1n) is 5.36. The average Bonchev–Trinajstić information content (AvgIpc) is 2.89. The molecule has 2 N–H and O–H groups in total. The molecule has 6 heteroatoms. The summed E-state index contributed by atoms with van der Waals surface area (Å²) in [5.41, 5.74) is 8.06. The van der Waals surface area contributed by atoms with E-state index in [4.69, 9.17) is 5.73 Å². The van der Waals surface area contributed by atoms with Gasteiger partial charge < -0.3 is 5.73 Å². The quantitative estimate of drug-likeness (QED) is 0.680. The second-order valence-corrected chi connectivity index (χ2v) is 3.73. The van der Waals surface area contributed by atoms with E-state index >= 15 is 0 Å². The van der Waals surface area contributed by atoms with Crippen molar-refractivity contribution in [1.82, 2.24) is 24.7 Å². The minimum absolute atomic E-state index is 0.617. The van der Waals surface area contributed by atoms with Gasteiger partial charge in [-0.2, -0.15) is 0 Å². The SMILES string of the molecule is Nc1cccc(-c2ncn(-c3cncnc3)n2)c1. The van der Waals surface area contributed by atoms with E-state index in [1.54, 1.807) is 23.4 Å². The molecule has 2 heterocycles. The zero-order valence-corrected chi connectivity index (χ0v) is 9.43. The second-order valence-electron chi connectivity index (χ2n) is 3.73. The van der Waals surface area contributed by atoms with E-state index in [1.165, 1.54) is 6.33 Å². The number of benzene rings is 1. The molecule has 0 bridgehead atoms. The molecule has 1 aromatic carbocycles. The highest BCUT2D eigenvalue weighted by Crippen LogP contribution is 2.17. The number of hydrogen-bond acceptors (Lipinski definition) is 5. The van der Waals surface area contributed by atoms with Crippen molar-refractivity contribution in [2.75, 3.05) is 5.73 Å². The third kappa shape index (κ3) is 1.91. The average molecular weight is 238 g/mol. The third-order valence-corrected chi connectivity index (χ3v) is 2.45. The highest BCUT2D eigenvalue weighted by Gasteiger charge is 2.05. The van der Waals surface area contributed by atoms with Crippen LogP contribution in [0.2, 0.25) is 0 Å². The maximum Gasteiger partial charge on any atom is 0.181 e. The summed E-state index contributed by atoms with van der Waals surface area (Å²) in [6.07, 6.45) is 6.44. The van der Waals surface area contributed by atoms with Crippen molar-refractivity contribution in [1.29, 1.82) is 0 Å². The van der Waals surface area contributed by atoms with Gasteiger partial charge in [0.15, 0.2) is 5.82 Å². The molecule has 3 aromatic rings. The monoisotopic (exact) mass is 238 g/mol. The van der Waals surface area contributed by atoms with Crippen LogP contribution in [0.3, 0.4) is 0 Å². The van der Waals surface area contributed by atoms with Crippen LogP contribution in [0.4, 0.5) is 5.69 Å². The maximum atomic E-state index is 5.73. The van der Waals surface area contributed by atoms with Crippen molar-refractivity contribution < 1.29 is 0 Å². The Morgan fingerprint density at radius 3 is 2.72 bits per heavy atom. The Hall–Kier alpha value is -2.76. The number of anilines is 1. The zero-order chi connectivity index (χ0) is 12.4. The molecule has 0 unspecified atom stereocenters. The Morgan fingerprint density at radius 1 is 1.11 bits per heavy atom. The predicted molar refractivity (Wildman–Crippen MR) is 66.8 cm³/mol. The number of nitrogens with zero attached hydrogens (tertiary/aromatic N) is 5. The van der Waals surface area contributed by atoms with Gasteiger partial charge in [-0.25, -0.2) is 19.6 Å². The number of nitrogens with two attached hydrogens (primary N) is 1. The number of hydrogen-bond donors (Lipinski definition) is 1. The van der Waals surface area contributed by atoms with Gasteiger partial charge in [0.1, 0.15) is 18.3 Å². The van der Waals surface area contributed by atoms with Gasteiger partial charge in [-0.05, 0) is 12.1 Å². The summed E-state index contributed by atoms with van der Waals surface area (Å²) in [6, 6.07) is 7.45. The first-order chi connectivity index (χ1) is 8.83. The lowest BCUT2D eigenvalue weighted by molar-refractivity contribution is 0.865. The second kappa shape index (κ2) is 4.25. The molecule has 6 nitrogen and oxygen atoms in total. The Morgan fingerprint density at radius 2 is 1.94 bits per heavy atom. The predicted octanol–water partition coefficient (Wildman–Crippen LogP) is 1.31. The largest absolute Gasteiger partial charge is 0.399 e. The molecule has 0 saturated carbocycles. The third-order valence-electron chi connectivity index (χ3n) is 2.45. The van der Waals surface area contributed by atoms with Gasteiger partial charge in [-0.15, -0.1) is 5.10 Å². The topological polar surface area (TPSA) is 82.5 Å². The Balaban J connectivity index is 2.00. The minimum Gasteiger partial charge on any atom is -0.399 e. The lowest BCUT2D eigenvalue weighted by Gasteiger charge is -1.98. The van der Waals surface area contributed by atoms with Crippen molar-refractivity contribution >= 4 is 5.69 Å². The standard InChI is InChI=1S/C12H10N6/c13-10-3-1-2-9(4-10)12-16-8-18(17-12)11-5-14-7-15-6-11/h1-8H,13H2. The molecule has 0 amide bonds. The van der Waals surface area contributed by atoms with Crippen LogP contribution in [0.25, 0.3) is 17.1 Å². The minimum atomic E-state index is 0.617. The number of nitrogen functional groups attached to an aromatic ring is 1. The molecular weight excluding hydrogens is 228 g/mol. The van der Waals surface area contributed by atoms with Crippen LogP contribution in [0, 0.1) is 0 Å². The summed E-state index contributed by atoms with van der Waals surface area (Å²) in [6.45, 7) is 0. The van der Waals surface area contributed by atoms with Gasteiger partial charge in [0.2, 0.25) is 0 Å². The fourth-order valence-corrected chi connectivity index (χ4v) is 1.61. The van der Waals surface area contributed by atoms with Crippen molar-refractivity contribution in [3.63, 3.8) is 0 Å². The summed E-state index contributed by atoms with van der Waals surface area (Å²) in [4.78, 5) is 12.1. The van der Waals surface area contributed by atoms with Crippen molar-refractivity contribution in [2.24, 2.45) is 0 Å². The summed E-state index contributed by atoms with van der Waals surface area (Å²) in [5.74, 6) is 0.617. The van der Waals surface area contributed by atoms with E-state index in [1.807, 2.05) is 24.3 Å². The smallest absolute Gasteiger partial charge is 0.181 e. The molecule has 88 valence electrons. The Kier molecular flexibility index (Phi) is 2.45. The van der Waals surface area contributed by atoms with E-state index in [-0.39, 0.29) is 0 Å². The van der Waals surface area contributed by atoms with Gasteiger partial charge in [0, 0.05) is 11.3 Å².